The van der Waals surface area contributed by atoms with Crippen molar-refractivity contribution in [3.8, 4) is 0 Å². The lowest BCUT2D eigenvalue weighted by molar-refractivity contribution is -0.121. The number of amides is 1. The summed E-state index contributed by atoms with van der Waals surface area (Å²) in [5.41, 5.74) is 0.0628. The Balaban J connectivity index is 2.80. The van der Waals surface area contributed by atoms with E-state index in [4.69, 9.17) is 5.11 Å². The van der Waals surface area contributed by atoms with E-state index in [9.17, 15) is 13.8 Å². The Morgan fingerprint density at radius 3 is 2.57 bits per heavy atom. The molecule has 0 bridgehead atoms. The second-order valence-electron chi connectivity index (χ2n) is 4.97. The molecule has 2 N–H and O–H groups in total. The molecule has 0 saturated heterocycles. The van der Waals surface area contributed by atoms with Crippen molar-refractivity contribution in [2.75, 3.05) is 0 Å². The van der Waals surface area contributed by atoms with Gasteiger partial charge >= 0.3 is 5.97 Å². The largest absolute Gasteiger partial charge is 0.478 e. The summed E-state index contributed by atoms with van der Waals surface area (Å²) in [6.45, 7) is 5.52. The molecular weight excluding hydrogens is 290 g/mol. The minimum Gasteiger partial charge on any atom is -0.478 e. The van der Waals surface area contributed by atoms with Crippen molar-refractivity contribution in [2.24, 2.45) is 0 Å². The Morgan fingerprint density at radius 1 is 1.33 bits per heavy atom. The van der Waals surface area contributed by atoms with Gasteiger partial charge in [-0.3, -0.25) is 9.00 Å². The zero-order valence-electron chi connectivity index (χ0n) is 12.5. The van der Waals surface area contributed by atoms with Crippen LogP contribution in [0.4, 0.5) is 0 Å². The molecule has 0 spiro atoms. The monoisotopic (exact) mass is 311 g/mol. The summed E-state index contributed by atoms with van der Waals surface area (Å²) in [6.07, 6.45) is 1.82. The van der Waals surface area contributed by atoms with Crippen LogP contribution >= 0.6 is 0 Å². The molecule has 1 aromatic carbocycles. The molecule has 0 radical (unpaired) electrons. The summed E-state index contributed by atoms with van der Waals surface area (Å²) in [6, 6.07) is 5.91. The SMILES string of the molecule is CCCC(C)NC(=O)C(C)S(=O)c1cccc(C(=O)O)c1. The summed E-state index contributed by atoms with van der Waals surface area (Å²) < 4.78 is 12.4. The van der Waals surface area contributed by atoms with E-state index in [0.717, 1.165) is 12.8 Å². The second-order valence-corrected chi connectivity index (χ2v) is 6.74. The Labute approximate surface area is 127 Å². The van der Waals surface area contributed by atoms with Crippen LogP contribution in [0.2, 0.25) is 0 Å². The van der Waals surface area contributed by atoms with Crippen molar-refractivity contribution in [3.63, 3.8) is 0 Å². The third-order valence-electron chi connectivity index (χ3n) is 3.11. The van der Waals surface area contributed by atoms with Gasteiger partial charge in [-0.25, -0.2) is 4.79 Å². The number of benzene rings is 1. The Hall–Kier alpha value is -1.69. The first kappa shape index (κ1) is 17.4. The molecule has 0 aliphatic rings. The van der Waals surface area contributed by atoms with Crippen LogP contribution in [0, 0.1) is 0 Å². The van der Waals surface area contributed by atoms with Gasteiger partial charge in [0.15, 0.2) is 0 Å². The molecule has 21 heavy (non-hydrogen) atoms. The molecule has 1 rings (SSSR count). The minimum absolute atomic E-state index is 0.0345. The second kappa shape index (κ2) is 7.93. The average molecular weight is 311 g/mol. The molecule has 1 amide bonds. The molecule has 0 heterocycles. The fraction of sp³-hybridized carbons (Fsp3) is 0.467. The Bertz CT molecular complexity index is 544. The summed E-state index contributed by atoms with van der Waals surface area (Å²) in [5.74, 6) is -1.36. The maximum atomic E-state index is 12.4. The van der Waals surface area contributed by atoms with Crippen molar-refractivity contribution in [3.05, 3.63) is 29.8 Å². The van der Waals surface area contributed by atoms with Crippen LogP contribution in [0.1, 0.15) is 44.0 Å². The van der Waals surface area contributed by atoms with Gasteiger partial charge in [0.05, 0.1) is 16.4 Å². The van der Waals surface area contributed by atoms with Crippen LogP contribution in [-0.2, 0) is 15.6 Å². The van der Waals surface area contributed by atoms with Crippen molar-refractivity contribution in [1.29, 1.82) is 0 Å². The summed E-state index contributed by atoms with van der Waals surface area (Å²) in [7, 11) is -1.58. The smallest absolute Gasteiger partial charge is 0.335 e. The first-order valence-corrected chi connectivity index (χ1v) is 8.12. The number of carboxylic acids is 1. The van der Waals surface area contributed by atoms with Crippen LogP contribution in [0.5, 0.6) is 0 Å². The van der Waals surface area contributed by atoms with Crippen LogP contribution in [0.3, 0.4) is 0 Å². The predicted octanol–water partition coefficient (Wildman–Crippen LogP) is 2.19. The maximum Gasteiger partial charge on any atom is 0.335 e. The summed E-state index contributed by atoms with van der Waals surface area (Å²) >= 11 is 0. The molecule has 3 atom stereocenters. The molecule has 6 heteroatoms. The van der Waals surface area contributed by atoms with Gasteiger partial charge in [0, 0.05) is 10.9 Å². The molecular formula is C15H21NO4S. The molecule has 0 fully saturated rings. The van der Waals surface area contributed by atoms with E-state index in [0.29, 0.717) is 4.90 Å². The number of nitrogens with one attached hydrogen (secondary N) is 1. The molecule has 5 nitrogen and oxygen atoms in total. The lowest BCUT2D eigenvalue weighted by Crippen LogP contribution is -2.40. The highest BCUT2D eigenvalue weighted by Gasteiger charge is 2.23. The van der Waals surface area contributed by atoms with Gasteiger partial charge in [-0.15, -0.1) is 0 Å². The minimum atomic E-state index is -1.58. The van der Waals surface area contributed by atoms with Gasteiger partial charge in [-0.05, 0) is 38.5 Å². The topological polar surface area (TPSA) is 83.5 Å². The zero-order valence-corrected chi connectivity index (χ0v) is 13.3. The fourth-order valence-corrected chi connectivity index (χ4v) is 3.05. The van der Waals surface area contributed by atoms with E-state index in [1.54, 1.807) is 13.0 Å². The third-order valence-corrected chi connectivity index (χ3v) is 4.69. The van der Waals surface area contributed by atoms with Crippen LogP contribution < -0.4 is 5.32 Å². The average Bonchev–Trinajstić information content (AvgIpc) is 2.45. The molecule has 1 aromatic rings. The number of aromatic carboxylic acids is 1. The van der Waals surface area contributed by atoms with Crippen LogP contribution in [0.15, 0.2) is 29.2 Å². The van der Waals surface area contributed by atoms with E-state index in [-0.39, 0.29) is 17.5 Å². The quantitative estimate of drug-likeness (QED) is 0.808. The van der Waals surface area contributed by atoms with E-state index in [1.807, 2.05) is 13.8 Å². The number of carbonyl (C=O) groups is 2. The van der Waals surface area contributed by atoms with Gasteiger partial charge in [0.2, 0.25) is 5.91 Å². The number of rotatable bonds is 7. The van der Waals surface area contributed by atoms with E-state index in [2.05, 4.69) is 5.32 Å². The highest BCUT2D eigenvalue weighted by Crippen LogP contribution is 2.14. The molecule has 0 aliphatic heterocycles. The zero-order chi connectivity index (χ0) is 16.0. The number of carboxylic acid groups (broad SMARTS) is 1. The third kappa shape index (κ3) is 4.97. The highest BCUT2D eigenvalue weighted by molar-refractivity contribution is 7.86. The molecule has 0 aliphatic carbocycles. The molecule has 3 unspecified atom stereocenters. The van der Waals surface area contributed by atoms with Crippen molar-refractivity contribution < 1.29 is 18.9 Å². The van der Waals surface area contributed by atoms with Gasteiger partial charge < -0.3 is 10.4 Å². The molecule has 0 aromatic heterocycles. The first-order chi connectivity index (χ1) is 9.86. The van der Waals surface area contributed by atoms with E-state index >= 15 is 0 Å². The number of carbonyl (C=O) groups excluding carboxylic acids is 1. The Kier molecular flexibility index (Phi) is 6.55. The van der Waals surface area contributed by atoms with Crippen molar-refractivity contribution in [2.45, 2.75) is 49.8 Å². The van der Waals surface area contributed by atoms with Crippen molar-refractivity contribution in [1.82, 2.24) is 5.32 Å². The highest BCUT2D eigenvalue weighted by atomic mass is 32.2. The van der Waals surface area contributed by atoms with Gasteiger partial charge in [0.1, 0.15) is 5.25 Å². The summed E-state index contributed by atoms with van der Waals surface area (Å²) in [4.78, 5) is 23.3. The fourth-order valence-electron chi connectivity index (χ4n) is 1.92. The van der Waals surface area contributed by atoms with Crippen LogP contribution in [0.25, 0.3) is 0 Å². The predicted molar refractivity (Wildman–Crippen MR) is 81.8 cm³/mol. The first-order valence-electron chi connectivity index (χ1n) is 6.91. The maximum absolute atomic E-state index is 12.4. The lowest BCUT2D eigenvalue weighted by Gasteiger charge is -2.17. The lowest BCUT2D eigenvalue weighted by atomic mass is 10.2. The molecule has 116 valence electrons. The van der Waals surface area contributed by atoms with Gasteiger partial charge in [-0.2, -0.15) is 0 Å². The number of hydrogen-bond donors (Lipinski definition) is 2. The summed E-state index contributed by atoms with van der Waals surface area (Å²) in [5, 5.41) is 11.0. The Morgan fingerprint density at radius 2 is 2.00 bits per heavy atom. The standard InChI is InChI=1S/C15H21NO4S/c1-4-6-10(2)16-14(17)11(3)21(20)13-8-5-7-12(9-13)15(18)19/h5,7-11H,4,6H2,1-3H3,(H,16,17)(H,18,19). The number of hydrogen-bond acceptors (Lipinski definition) is 3. The van der Waals surface area contributed by atoms with E-state index < -0.39 is 22.0 Å². The van der Waals surface area contributed by atoms with Crippen LogP contribution in [-0.4, -0.2) is 32.5 Å². The van der Waals surface area contributed by atoms with Gasteiger partial charge in [0.25, 0.3) is 0 Å². The van der Waals surface area contributed by atoms with Crippen molar-refractivity contribution >= 4 is 22.7 Å². The molecule has 0 saturated carbocycles. The van der Waals surface area contributed by atoms with Gasteiger partial charge in [-0.1, -0.05) is 19.4 Å². The van der Waals surface area contributed by atoms with E-state index in [1.165, 1.54) is 18.2 Å². The normalized spacial score (nSPS) is 15.0.